The minimum atomic E-state index is -0.533. The molecule has 0 unspecified atom stereocenters. The third-order valence-electron chi connectivity index (χ3n) is 3.55. The van der Waals surface area contributed by atoms with Crippen LogP contribution in [0.5, 0.6) is 0 Å². The minimum Gasteiger partial charge on any atom is -0.444 e. The van der Waals surface area contributed by atoms with Crippen LogP contribution in [0.2, 0.25) is 0 Å². The van der Waals surface area contributed by atoms with Gasteiger partial charge in [0.15, 0.2) is 11.6 Å². The van der Waals surface area contributed by atoms with Crippen LogP contribution in [0.4, 0.5) is 15.0 Å². The van der Waals surface area contributed by atoms with Gasteiger partial charge in [0.2, 0.25) is 0 Å². The molecule has 1 aromatic heterocycles. The molecule has 1 amide bonds. The molecular formula is C16H24FN3O2. The fraction of sp³-hybridized carbons (Fsp3) is 0.625. The van der Waals surface area contributed by atoms with Gasteiger partial charge in [-0.25, -0.2) is 14.2 Å². The van der Waals surface area contributed by atoms with Gasteiger partial charge in [-0.15, -0.1) is 0 Å². The number of ether oxygens (including phenoxy) is 1. The molecule has 1 heterocycles. The third-order valence-corrected chi connectivity index (χ3v) is 3.55. The Balaban J connectivity index is 1.99. The first-order valence-corrected chi connectivity index (χ1v) is 7.72. The molecule has 1 aliphatic carbocycles. The SMILES string of the molecule is CC(C)(C)OC(=O)N[C@@H]1CCCC[C@H]1Nc1ncccc1F. The zero-order valence-corrected chi connectivity index (χ0v) is 13.4. The zero-order valence-electron chi connectivity index (χ0n) is 13.4. The second-order valence-corrected chi connectivity index (χ2v) is 6.62. The van der Waals surface area contributed by atoms with Crippen molar-refractivity contribution in [3.63, 3.8) is 0 Å². The van der Waals surface area contributed by atoms with Gasteiger partial charge in [0, 0.05) is 12.2 Å². The van der Waals surface area contributed by atoms with Crippen molar-refractivity contribution in [2.24, 2.45) is 0 Å². The Morgan fingerprint density at radius 3 is 2.64 bits per heavy atom. The third kappa shape index (κ3) is 4.86. The lowest BCUT2D eigenvalue weighted by Gasteiger charge is -2.33. The predicted molar refractivity (Wildman–Crippen MR) is 83.2 cm³/mol. The molecule has 5 nitrogen and oxygen atoms in total. The molecule has 1 aliphatic rings. The molecule has 0 radical (unpaired) electrons. The number of anilines is 1. The fourth-order valence-electron chi connectivity index (χ4n) is 2.60. The molecular weight excluding hydrogens is 285 g/mol. The van der Waals surface area contributed by atoms with Crippen molar-refractivity contribution >= 4 is 11.9 Å². The number of alkyl carbamates (subject to hydrolysis) is 1. The van der Waals surface area contributed by atoms with Gasteiger partial charge in [-0.2, -0.15) is 0 Å². The Morgan fingerprint density at radius 1 is 1.32 bits per heavy atom. The average molecular weight is 309 g/mol. The molecule has 122 valence electrons. The van der Waals surface area contributed by atoms with Crippen molar-refractivity contribution in [1.29, 1.82) is 0 Å². The Labute approximate surface area is 130 Å². The van der Waals surface area contributed by atoms with E-state index in [1.807, 2.05) is 20.8 Å². The number of hydrogen-bond donors (Lipinski definition) is 2. The molecule has 0 aromatic carbocycles. The van der Waals surface area contributed by atoms with Gasteiger partial charge in [-0.3, -0.25) is 0 Å². The van der Waals surface area contributed by atoms with E-state index in [9.17, 15) is 9.18 Å². The van der Waals surface area contributed by atoms with Gasteiger partial charge in [-0.05, 0) is 45.7 Å². The van der Waals surface area contributed by atoms with E-state index in [1.54, 1.807) is 12.3 Å². The molecule has 2 atom stereocenters. The standard InChI is InChI=1S/C16H24FN3O2/c1-16(2,3)22-15(21)20-13-9-5-4-8-12(13)19-14-11(17)7-6-10-18-14/h6-7,10,12-13H,4-5,8-9H2,1-3H3,(H,18,19)(H,20,21)/t12-,13-/m1/s1. The smallest absolute Gasteiger partial charge is 0.407 e. The molecule has 1 saturated carbocycles. The molecule has 2 rings (SSSR count). The van der Waals surface area contributed by atoms with E-state index >= 15 is 0 Å². The average Bonchev–Trinajstić information content (AvgIpc) is 2.41. The molecule has 1 fully saturated rings. The molecule has 0 bridgehead atoms. The first kappa shape index (κ1) is 16.5. The van der Waals surface area contributed by atoms with Gasteiger partial charge in [0.1, 0.15) is 5.60 Å². The maximum atomic E-state index is 13.7. The Morgan fingerprint density at radius 2 is 2.00 bits per heavy atom. The summed E-state index contributed by atoms with van der Waals surface area (Å²) >= 11 is 0. The van der Waals surface area contributed by atoms with Crippen LogP contribution in [0.15, 0.2) is 18.3 Å². The molecule has 0 saturated heterocycles. The van der Waals surface area contributed by atoms with E-state index in [-0.39, 0.29) is 23.7 Å². The van der Waals surface area contributed by atoms with Crippen molar-refractivity contribution in [3.05, 3.63) is 24.1 Å². The topological polar surface area (TPSA) is 63.2 Å². The van der Waals surface area contributed by atoms with Crippen LogP contribution in [-0.2, 0) is 4.74 Å². The van der Waals surface area contributed by atoms with E-state index < -0.39 is 11.7 Å². The van der Waals surface area contributed by atoms with E-state index in [0.29, 0.717) is 0 Å². The van der Waals surface area contributed by atoms with Gasteiger partial charge in [0.05, 0.1) is 6.04 Å². The largest absolute Gasteiger partial charge is 0.444 e. The van der Waals surface area contributed by atoms with Crippen LogP contribution >= 0.6 is 0 Å². The van der Waals surface area contributed by atoms with Crippen molar-refractivity contribution in [2.45, 2.75) is 64.1 Å². The van der Waals surface area contributed by atoms with Crippen LogP contribution in [0.25, 0.3) is 0 Å². The van der Waals surface area contributed by atoms with Crippen molar-refractivity contribution in [1.82, 2.24) is 10.3 Å². The highest BCUT2D eigenvalue weighted by molar-refractivity contribution is 5.68. The quantitative estimate of drug-likeness (QED) is 0.897. The summed E-state index contributed by atoms with van der Waals surface area (Å²) in [5.41, 5.74) is -0.533. The summed E-state index contributed by atoms with van der Waals surface area (Å²) in [7, 11) is 0. The van der Waals surface area contributed by atoms with Crippen LogP contribution in [0, 0.1) is 5.82 Å². The number of carbonyl (C=O) groups excluding carboxylic acids is 1. The summed E-state index contributed by atoms with van der Waals surface area (Å²) in [5.74, 6) is -0.158. The Hall–Kier alpha value is -1.85. The number of pyridine rings is 1. The molecule has 2 N–H and O–H groups in total. The maximum absolute atomic E-state index is 13.7. The summed E-state index contributed by atoms with van der Waals surface area (Å²) in [5, 5.41) is 6.00. The van der Waals surface area contributed by atoms with Crippen molar-refractivity contribution in [3.8, 4) is 0 Å². The number of hydrogen-bond acceptors (Lipinski definition) is 4. The summed E-state index contributed by atoms with van der Waals surface area (Å²) in [6.07, 6.45) is 4.88. The summed E-state index contributed by atoms with van der Waals surface area (Å²) in [6.45, 7) is 5.48. The van der Waals surface area contributed by atoms with E-state index in [0.717, 1.165) is 25.7 Å². The molecule has 6 heteroatoms. The predicted octanol–water partition coefficient (Wildman–Crippen LogP) is 3.47. The van der Waals surface area contributed by atoms with Gasteiger partial charge in [0.25, 0.3) is 0 Å². The van der Waals surface area contributed by atoms with Gasteiger partial charge in [-0.1, -0.05) is 12.8 Å². The number of rotatable bonds is 3. The normalized spacial score (nSPS) is 22.0. The number of amides is 1. The first-order valence-electron chi connectivity index (χ1n) is 7.72. The number of halogens is 1. The molecule has 1 aromatic rings. The van der Waals surface area contributed by atoms with Gasteiger partial charge >= 0.3 is 6.09 Å². The summed E-state index contributed by atoms with van der Waals surface area (Å²) in [6, 6.07) is 2.78. The van der Waals surface area contributed by atoms with Crippen molar-refractivity contribution in [2.75, 3.05) is 5.32 Å². The monoisotopic (exact) mass is 309 g/mol. The lowest BCUT2D eigenvalue weighted by atomic mass is 9.90. The van der Waals surface area contributed by atoms with Crippen LogP contribution in [0.1, 0.15) is 46.5 Å². The maximum Gasteiger partial charge on any atom is 0.407 e. The van der Waals surface area contributed by atoms with Crippen LogP contribution in [-0.4, -0.2) is 28.8 Å². The highest BCUT2D eigenvalue weighted by Crippen LogP contribution is 2.23. The van der Waals surface area contributed by atoms with Gasteiger partial charge < -0.3 is 15.4 Å². The molecule has 22 heavy (non-hydrogen) atoms. The van der Waals surface area contributed by atoms with E-state index in [4.69, 9.17) is 4.74 Å². The van der Waals surface area contributed by atoms with Crippen LogP contribution in [0.3, 0.4) is 0 Å². The van der Waals surface area contributed by atoms with E-state index in [2.05, 4.69) is 15.6 Å². The number of aromatic nitrogens is 1. The van der Waals surface area contributed by atoms with Crippen molar-refractivity contribution < 1.29 is 13.9 Å². The minimum absolute atomic E-state index is 0.0503. The Bertz CT molecular complexity index is 516. The highest BCUT2D eigenvalue weighted by Gasteiger charge is 2.29. The second-order valence-electron chi connectivity index (χ2n) is 6.62. The zero-order chi connectivity index (χ0) is 16.2. The summed E-state index contributed by atoms with van der Waals surface area (Å²) < 4.78 is 19.0. The molecule has 0 spiro atoms. The number of nitrogens with zero attached hydrogens (tertiary/aromatic N) is 1. The van der Waals surface area contributed by atoms with E-state index in [1.165, 1.54) is 6.07 Å². The van der Waals surface area contributed by atoms with Crippen LogP contribution < -0.4 is 10.6 Å². The number of nitrogens with one attached hydrogen (secondary N) is 2. The lowest BCUT2D eigenvalue weighted by molar-refractivity contribution is 0.0488. The summed E-state index contributed by atoms with van der Waals surface area (Å²) in [4.78, 5) is 16.0. The first-order chi connectivity index (χ1) is 10.3. The Kier molecular flexibility index (Phi) is 5.21. The molecule has 0 aliphatic heterocycles. The number of carbonyl (C=O) groups is 1. The fourth-order valence-corrected chi connectivity index (χ4v) is 2.60. The highest BCUT2D eigenvalue weighted by atomic mass is 19.1. The second kappa shape index (κ2) is 6.94. The lowest BCUT2D eigenvalue weighted by Crippen LogP contribution is -2.50.